The molecule has 0 bridgehead atoms. The minimum absolute atomic E-state index is 0.0527. The highest BCUT2D eigenvalue weighted by Crippen LogP contribution is 2.06. The molecule has 0 aromatic heterocycles. The number of carboxylic acid groups (broad SMARTS) is 1. The Labute approximate surface area is 76.8 Å². The highest BCUT2D eigenvalue weighted by molar-refractivity contribution is 5.56. The van der Waals surface area contributed by atoms with Crippen molar-refractivity contribution in [2.45, 2.75) is 26.4 Å². The minimum atomic E-state index is -1.32. The second kappa shape index (κ2) is 5.42. The lowest BCUT2D eigenvalue weighted by molar-refractivity contribution is -0.310. The van der Waals surface area contributed by atoms with Crippen LogP contribution >= 0.6 is 0 Å². The van der Waals surface area contributed by atoms with Crippen LogP contribution in [-0.4, -0.2) is 23.5 Å². The van der Waals surface area contributed by atoms with E-state index in [1.165, 1.54) is 12.3 Å². The van der Waals surface area contributed by atoms with Crippen LogP contribution in [0, 0.1) is 0 Å². The van der Waals surface area contributed by atoms with Gasteiger partial charge < -0.3 is 14.7 Å². The molecule has 0 aliphatic rings. The molecule has 0 unspecified atom stereocenters. The lowest BCUT2D eigenvalue weighted by Gasteiger charge is -2.15. The van der Waals surface area contributed by atoms with Crippen molar-refractivity contribution in [2.75, 3.05) is 6.61 Å². The van der Waals surface area contributed by atoms with Gasteiger partial charge in [0.2, 0.25) is 0 Å². The molecule has 76 valence electrons. The maximum absolute atomic E-state index is 9.86. The first kappa shape index (κ1) is 11.8. The van der Waals surface area contributed by atoms with Crippen molar-refractivity contribution in [1.29, 1.82) is 0 Å². The third-order valence-electron chi connectivity index (χ3n) is 0.753. The Bertz CT molecular complexity index is 179. The first-order valence-corrected chi connectivity index (χ1v) is 3.77. The quantitative estimate of drug-likeness (QED) is 0.317. The number of rotatable bonds is 4. The fourth-order valence-corrected chi connectivity index (χ4v) is 0.370. The Morgan fingerprint density at radius 1 is 1.46 bits per heavy atom. The molecule has 0 heterocycles. The van der Waals surface area contributed by atoms with Crippen molar-refractivity contribution in [2.24, 2.45) is 0 Å². The Kier molecular flexibility index (Phi) is 4.91. The lowest BCUT2D eigenvalue weighted by Crippen LogP contribution is -2.17. The van der Waals surface area contributed by atoms with Crippen LogP contribution in [0.25, 0.3) is 0 Å². The maximum atomic E-state index is 9.86. The topological polar surface area (TPSA) is 65.0 Å². The van der Waals surface area contributed by atoms with Crippen LogP contribution in [0.2, 0.25) is 0 Å². The monoisotopic (exact) mass is 190 g/mol. The molecule has 0 rings (SSSR count). The molecule has 0 atom stereocenters. The Balaban J connectivity index is 3.38. The molecule has 0 aromatic carbocycles. The van der Waals surface area contributed by atoms with Crippen molar-refractivity contribution in [3.63, 3.8) is 0 Å². The van der Waals surface area contributed by atoms with E-state index in [-0.39, 0.29) is 6.61 Å². The second-order valence-corrected chi connectivity index (χ2v) is 3.24. The molecule has 5 heteroatoms. The van der Waals surface area contributed by atoms with Crippen molar-refractivity contribution >= 4 is 6.16 Å². The molecule has 0 fully saturated rings. The maximum Gasteiger partial charge on any atom is 0.506 e. The zero-order chi connectivity index (χ0) is 10.3. The average molecular weight is 190 g/mol. The highest BCUT2D eigenvalue weighted by Gasteiger charge is 2.10. The Morgan fingerprint density at radius 2 is 2.08 bits per heavy atom. The van der Waals surface area contributed by atoms with Crippen molar-refractivity contribution in [3.05, 3.63) is 12.3 Å². The molecule has 13 heavy (non-hydrogen) atoms. The third-order valence-corrected chi connectivity index (χ3v) is 0.753. The number of ether oxygens (including phenoxy) is 1. The summed E-state index contributed by atoms with van der Waals surface area (Å²) in [5.41, 5.74) is -0.391. The molecular weight excluding hydrogens is 176 g/mol. The van der Waals surface area contributed by atoms with E-state index in [0.29, 0.717) is 0 Å². The SMILES string of the molecule is CC(C)(C)OOC=CCOC(=O)O. The summed E-state index contributed by atoms with van der Waals surface area (Å²) in [6.45, 7) is 5.43. The van der Waals surface area contributed by atoms with Gasteiger partial charge in [0, 0.05) is 0 Å². The molecule has 0 aromatic rings. The average Bonchev–Trinajstić information content (AvgIpc) is 1.93. The fraction of sp³-hybridized carbons (Fsp3) is 0.625. The van der Waals surface area contributed by atoms with E-state index < -0.39 is 11.8 Å². The van der Waals surface area contributed by atoms with Gasteiger partial charge in [-0.1, -0.05) is 0 Å². The predicted octanol–water partition coefficient (Wildman–Crippen LogP) is 1.94. The molecule has 1 N–H and O–H groups in total. The molecular formula is C8H14O5. The summed E-state index contributed by atoms with van der Waals surface area (Å²) in [7, 11) is 0. The van der Waals surface area contributed by atoms with Gasteiger partial charge in [-0.25, -0.2) is 4.79 Å². The van der Waals surface area contributed by atoms with E-state index in [1.807, 2.05) is 20.8 Å². The lowest BCUT2D eigenvalue weighted by atomic mass is 10.2. The molecule has 5 nitrogen and oxygen atoms in total. The van der Waals surface area contributed by atoms with Gasteiger partial charge in [-0.15, -0.1) is 0 Å². The van der Waals surface area contributed by atoms with Gasteiger partial charge >= 0.3 is 6.16 Å². The van der Waals surface area contributed by atoms with Crippen LogP contribution in [0.5, 0.6) is 0 Å². The summed E-state index contributed by atoms with van der Waals surface area (Å²) < 4.78 is 4.17. The van der Waals surface area contributed by atoms with E-state index in [0.717, 1.165) is 0 Å². The summed E-state index contributed by atoms with van der Waals surface area (Å²) in [4.78, 5) is 19.3. The standard InChI is InChI=1S/C8H14O5/c1-8(2,3)13-12-6-4-5-11-7(9)10/h4,6H,5H2,1-3H3,(H,9,10). The van der Waals surface area contributed by atoms with E-state index in [4.69, 9.17) is 9.99 Å². The molecule has 0 amide bonds. The van der Waals surface area contributed by atoms with Crippen molar-refractivity contribution in [3.8, 4) is 0 Å². The molecule has 0 saturated heterocycles. The zero-order valence-corrected chi connectivity index (χ0v) is 7.94. The first-order valence-electron chi connectivity index (χ1n) is 3.77. The number of hydrogen-bond donors (Lipinski definition) is 1. The molecule has 0 aliphatic carbocycles. The van der Waals surface area contributed by atoms with E-state index in [1.54, 1.807) is 0 Å². The van der Waals surface area contributed by atoms with Gasteiger partial charge in [-0.2, -0.15) is 4.89 Å². The van der Waals surface area contributed by atoms with E-state index in [9.17, 15) is 4.79 Å². The summed E-state index contributed by atoms with van der Waals surface area (Å²) in [5, 5.41) is 8.07. The van der Waals surface area contributed by atoms with Gasteiger partial charge in [0.15, 0.2) is 0 Å². The van der Waals surface area contributed by atoms with Gasteiger partial charge in [-0.05, 0) is 26.8 Å². The van der Waals surface area contributed by atoms with Crippen LogP contribution in [-0.2, 0) is 14.5 Å². The number of hydrogen-bond acceptors (Lipinski definition) is 4. The minimum Gasteiger partial charge on any atom is -0.450 e. The molecule has 0 radical (unpaired) electrons. The molecule has 0 spiro atoms. The predicted molar refractivity (Wildman–Crippen MR) is 45.0 cm³/mol. The van der Waals surface area contributed by atoms with Crippen molar-refractivity contribution in [1.82, 2.24) is 0 Å². The van der Waals surface area contributed by atoms with Crippen molar-refractivity contribution < 1.29 is 24.4 Å². The summed E-state index contributed by atoms with van der Waals surface area (Å²) in [6, 6.07) is 0. The van der Waals surface area contributed by atoms with Gasteiger partial charge in [0.05, 0.1) is 0 Å². The van der Waals surface area contributed by atoms with Crippen LogP contribution in [0.15, 0.2) is 12.3 Å². The van der Waals surface area contributed by atoms with Gasteiger partial charge in [0.25, 0.3) is 0 Å². The smallest absolute Gasteiger partial charge is 0.450 e. The summed E-state index contributed by atoms with van der Waals surface area (Å²) >= 11 is 0. The van der Waals surface area contributed by atoms with Gasteiger partial charge in [-0.3, -0.25) is 0 Å². The van der Waals surface area contributed by atoms with Crippen LogP contribution < -0.4 is 0 Å². The molecule has 0 saturated carbocycles. The van der Waals surface area contributed by atoms with E-state index >= 15 is 0 Å². The molecule has 0 aliphatic heterocycles. The zero-order valence-electron chi connectivity index (χ0n) is 7.94. The van der Waals surface area contributed by atoms with Gasteiger partial charge in [0.1, 0.15) is 18.5 Å². The Hall–Kier alpha value is -1.23. The summed E-state index contributed by atoms with van der Waals surface area (Å²) in [5.74, 6) is 0. The van der Waals surface area contributed by atoms with Crippen LogP contribution in [0.3, 0.4) is 0 Å². The summed E-state index contributed by atoms with van der Waals surface area (Å²) in [6.07, 6.45) is 1.30. The normalized spacial score (nSPS) is 11.6. The Morgan fingerprint density at radius 3 is 2.54 bits per heavy atom. The first-order chi connectivity index (χ1) is 5.92. The largest absolute Gasteiger partial charge is 0.506 e. The van der Waals surface area contributed by atoms with E-state index in [2.05, 4.69) is 9.62 Å². The van der Waals surface area contributed by atoms with Crippen LogP contribution in [0.1, 0.15) is 20.8 Å². The highest BCUT2D eigenvalue weighted by atomic mass is 17.2. The van der Waals surface area contributed by atoms with Crippen LogP contribution in [0.4, 0.5) is 4.79 Å². The fourth-order valence-electron chi connectivity index (χ4n) is 0.370. The second-order valence-electron chi connectivity index (χ2n) is 3.24. The number of carbonyl (C=O) groups is 1. The third kappa shape index (κ3) is 10.8.